The van der Waals surface area contributed by atoms with Crippen molar-refractivity contribution in [3.63, 3.8) is 0 Å². The highest BCUT2D eigenvalue weighted by Gasteiger charge is 2.35. The molecule has 4 rings (SSSR count). The molecule has 162 valence electrons. The number of fused-ring (bicyclic) bond motifs is 1. The molecular formula is C26H17FN2O4. The highest BCUT2D eigenvalue weighted by molar-refractivity contribution is 6.21. The highest BCUT2D eigenvalue weighted by atomic mass is 19.1. The van der Waals surface area contributed by atoms with Crippen molar-refractivity contribution in [3.8, 4) is 11.8 Å². The molecule has 0 unspecified atom stereocenters. The summed E-state index contributed by atoms with van der Waals surface area (Å²) in [6, 6.07) is 20.8. The number of esters is 1. The Bertz CT molecular complexity index is 1300. The number of hydrogen-bond donors (Lipinski definition) is 0. The predicted molar refractivity (Wildman–Crippen MR) is 118 cm³/mol. The number of halogens is 1. The largest absolute Gasteiger partial charge is 0.426 e. The molecule has 3 aromatic carbocycles. The fraction of sp³-hybridized carbons (Fsp3) is 0.0769. The van der Waals surface area contributed by atoms with Gasteiger partial charge < -0.3 is 4.74 Å². The number of imide groups is 1. The zero-order valence-corrected chi connectivity index (χ0v) is 17.3. The lowest BCUT2D eigenvalue weighted by Gasteiger charge is -2.13. The number of carbonyl (C=O) groups excluding carboxylic acids is 3. The second-order valence-electron chi connectivity index (χ2n) is 7.25. The Balaban J connectivity index is 1.42. The minimum absolute atomic E-state index is 0.101. The van der Waals surface area contributed by atoms with Crippen molar-refractivity contribution in [2.75, 3.05) is 6.54 Å². The number of rotatable bonds is 6. The Hall–Kier alpha value is -4.57. The minimum atomic E-state index is -0.623. The fourth-order valence-corrected chi connectivity index (χ4v) is 3.51. The molecule has 7 heteroatoms. The van der Waals surface area contributed by atoms with Crippen LogP contribution in [0.2, 0.25) is 0 Å². The van der Waals surface area contributed by atoms with Gasteiger partial charge in [0.2, 0.25) is 0 Å². The van der Waals surface area contributed by atoms with Crippen LogP contribution in [-0.4, -0.2) is 29.2 Å². The SMILES string of the molecule is N#C/C(=C/c1cccc(OC(=O)CCN2C(=O)c3ccccc3C2=O)c1)c1ccccc1F. The Morgan fingerprint density at radius 1 is 0.970 bits per heavy atom. The summed E-state index contributed by atoms with van der Waals surface area (Å²) < 4.78 is 19.4. The Morgan fingerprint density at radius 2 is 1.64 bits per heavy atom. The molecule has 3 aromatic rings. The molecule has 0 radical (unpaired) electrons. The summed E-state index contributed by atoms with van der Waals surface area (Å²) in [5, 5.41) is 9.43. The molecule has 0 aliphatic carbocycles. The molecule has 1 heterocycles. The van der Waals surface area contributed by atoms with E-state index in [4.69, 9.17) is 4.74 Å². The van der Waals surface area contributed by atoms with E-state index in [9.17, 15) is 24.0 Å². The van der Waals surface area contributed by atoms with E-state index in [0.29, 0.717) is 16.7 Å². The zero-order valence-electron chi connectivity index (χ0n) is 17.3. The van der Waals surface area contributed by atoms with Gasteiger partial charge in [-0.3, -0.25) is 19.3 Å². The number of nitriles is 1. The van der Waals surface area contributed by atoms with Gasteiger partial charge in [-0.15, -0.1) is 0 Å². The van der Waals surface area contributed by atoms with Gasteiger partial charge in [-0.25, -0.2) is 4.39 Å². The summed E-state index contributed by atoms with van der Waals surface area (Å²) in [5.41, 5.74) is 1.48. The first-order chi connectivity index (χ1) is 16.0. The lowest BCUT2D eigenvalue weighted by atomic mass is 10.0. The molecule has 0 saturated heterocycles. The van der Waals surface area contributed by atoms with E-state index in [1.54, 1.807) is 48.5 Å². The number of amides is 2. The van der Waals surface area contributed by atoms with Crippen molar-refractivity contribution in [2.24, 2.45) is 0 Å². The van der Waals surface area contributed by atoms with E-state index in [1.165, 1.54) is 30.3 Å². The average Bonchev–Trinajstić information content (AvgIpc) is 3.06. The second-order valence-corrected chi connectivity index (χ2v) is 7.25. The van der Waals surface area contributed by atoms with Crippen molar-refractivity contribution in [1.29, 1.82) is 5.26 Å². The third-order valence-electron chi connectivity index (χ3n) is 5.10. The van der Waals surface area contributed by atoms with Crippen LogP contribution in [0.1, 0.15) is 38.3 Å². The first-order valence-corrected chi connectivity index (χ1v) is 10.1. The van der Waals surface area contributed by atoms with E-state index < -0.39 is 23.6 Å². The first-order valence-electron chi connectivity index (χ1n) is 10.1. The van der Waals surface area contributed by atoms with E-state index in [0.717, 1.165) is 4.90 Å². The molecule has 1 aliphatic rings. The number of carbonyl (C=O) groups is 3. The highest BCUT2D eigenvalue weighted by Crippen LogP contribution is 2.24. The Labute approximate surface area is 189 Å². The van der Waals surface area contributed by atoms with Crippen LogP contribution < -0.4 is 4.74 Å². The van der Waals surface area contributed by atoms with E-state index in [1.807, 2.05) is 6.07 Å². The van der Waals surface area contributed by atoms with Crippen LogP contribution >= 0.6 is 0 Å². The van der Waals surface area contributed by atoms with Gasteiger partial charge in [0.1, 0.15) is 11.6 Å². The molecule has 2 amide bonds. The molecule has 0 atom stereocenters. The van der Waals surface area contributed by atoms with Gasteiger partial charge in [0.05, 0.1) is 29.2 Å². The maximum absolute atomic E-state index is 14.0. The van der Waals surface area contributed by atoms with Gasteiger partial charge in [0.25, 0.3) is 11.8 Å². The summed E-state index contributed by atoms with van der Waals surface area (Å²) in [7, 11) is 0. The second kappa shape index (κ2) is 9.28. The molecule has 0 saturated carbocycles. The lowest BCUT2D eigenvalue weighted by molar-refractivity contribution is -0.134. The normalized spacial score (nSPS) is 13.0. The van der Waals surface area contributed by atoms with Gasteiger partial charge in [-0.2, -0.15) is 5.26 Å². The number of allylic oxidation sites excluding steroid dienone is 1. The summed E-state index contributed by atoms with van der Waals surface area (Å²) in [4.78, 5) is 38.1. The number of nitrogens with zero attached hydrogens (tertiary/aromatic N) is 2. The van der Waals surface area contributed by atoms with Crippen molar-refractivity contribution < 1.29 is 23.5 Å². The zero-order chi connectivity index (χ0) is 23.4. The number of ether oxygens (including phenoxy) is 1. The average molecular weight is 440 g/mol. The quantitative estimate of drug-likeness (QED) is 0.185. The third-order valence-corrected chi connectivity index (χ3v) is 5.10. The van der Waals surface area contributed by atoms with Crippen molar-refractivity contribution in [2.45, 2.75) is 6.42 Å². The maximum Gasteiger partial charge on any atom is 0.312 e. The summed E-state index contributed by atoms with van der Waals surface area (Å²) in [5.74, 6) is -1.79. The van der Waals surface area contributed by atoms with Crippen molar-refractivity contribution in [3.05, 3.63) is 101 Å². The predicted octanol–water partition coefficient (Wildman–Crippen LogP) is 4.48. The van der Waals surface area contributed by atoms with E-state index in [2.05, 4.69) is 0 Å². The fourth-order valence-electron chi connectivity index (χ4n) is 3.51. The van der Waals surface area contributed by atoms with Gasteiger partial charge in [-0.1, -0.05) is 42.5 Å². The molecule has 33 heavy (non-hydrogen) atoms. The Kier molecular flexibility index (Phi) is 6.09. The molecule has 0 bridgehead atoms. The summed E-state index contributed by atoms with van der Waals surface area (Å²) in [6.45, 7) is -0.101. The van der Waals surface area contributed by atoms with Gasteiger partial charge in [0.15, 0.2) is 0 Å². The minimum Gasteiger partial charge on any atom is -0.426 e. The van der Waals surface area contributed by atoms with E-state index >= 15 is 0 Å². The molecule has 1 aliphatic heterocycles. The molecule has 0 spiro atoms. The van der Waals surface area contributed by atoms with E-state index in [-0.39, 0.29) is 29.9 Å². The summed E-state index contributed by atoms with van der Waals surface area (Å²) >= 11 is 0. The van der Waals surface area contributed by atoms with Crippen LogP contribution in [0.3, 0.4) is 0 Å². The molecular weight excluding hydrogens is 423 g/mol. The lowest BCUT2D eigenvalue weighted by Crippen LogP contribution is -2.32. The number of benzene rings is 3. The first kappa shape index (κ1) is 21.7. The van der Waals surface area contributed by atoms with Crippen LogP contribution in [0.15, 0.2) is 72.8 Å². The van der Waals surface area contributed by atoms with Gasteiger partial charge >= 0.3 is 5.97 Å². The van der Waals surface area contributed by atoms with Crippen LogP contribution in [-0.2, 0) is 4.79 Å². The standard InChI is InChI=1S/C26H17FN2O4/c27-23-11-4-3-8-20(23)18(16-28)14-17-6-5-7-19(15-17)33-24(30)12-13-29-25(31)21-9-1-2-10-22(21)26(29)32/h1-11,14-15H,12-13H2/b18-14-. The maximum atomic E-state index is 14.0. The van der Waals surface area contributed by atoms with Gasteiger partial charge in [-0.05, 0) is 42.0 Å². The molecule has 6 nitrogen and oxygen atoms in total. The van der Waals surface area contributed by atoms with Crippen molar-refractivity contribution >= 4 is 29.4 Å². The van der Waals surface area contributed by atoms with Crippen LogP contribution in [0, 0.1) is 17.1 Å². The third kappa shape index (κ3) is 4.55. The summed E-state index contributed by atoms with van der Waals surface area (Å²) in [6.07, 6.45) is 1.32. The van der Waals surface area contributed by atoms with Gasteiger partial charge in [0, 0.05) is 12.1 Å². The monoisotopic (exact) mass is 440 g/mol. The molecule has 0 N–H and O–H groups in total. The Morgan fingerprint density at radius 3 is 2.30 bits per heavy atom. The topological polar surface area (TPSA) is 87.5 Å². The smallest absolute Gasteiger partial charge is 0.312 e. The van der Waals surface area contributed by atoms with Crippen LogP contribution in [0.5, 0.6) is 5.75 Å². The molecule has 0 aromatic heterocycles. The van der Waals surface area contributed by atoms with Crippen LogP contribution in [0.25, 0.3) is 11.6 Å². The van der Waals surface area contributed by atoms with Crippen LogP contribution in [0.4, 0.5) is 4.39 Å². The molecule has 0 fully saturated rings. The van der Waals surface area contributed by atoms with Crippen molar-refractivity contribution in [1.82, 2.24) is 4.90 Å². The number of hydrogen-bond acceptors (Lipinski definition) is 5.